The molecule has 0 saturated carbocycles. The van der Waals surface area contributed by atoms with Gasteiger partial charge in [0.05, 0.1) is 0 Å². The Bertz CT molecular complexity index is 146. The minimum absolute atomic E-state index is 0. The van der Waals surface area contributed by atoms with E-state index in [0.29, 0.717) is 6.42 Å². The molecule has 0 heterocycles. The molecule has 1 radical (unpaired) electrons. The topological polar surface area (TPSA) is 37.3 Å². The predicted molar refractivity (Wildman–Crippen MR) is 60.5 cm³/mol. The van der Waals surface area contributed by atoms with Gasteiger partial charge in [-0.2, -0.15) is 0 Å². The third-order valence-corrected chi connectivity index (χ3v) is 2.05. The number of carboxylic acids is 1. The van der Waals surface area contributed by atoms with Crippen molar-refractivity contribution in [2.45, 2.75) is 51.4 Å². The van der Waals surface area contributed by atoms with Gasteiger partial charge in [-0.05, 0) is 19.3 Å². The monoisotopic (exact) mass is 223 g/mol. The van der Waals surface area contributed by atoms with Gasteiger partial charge >= 0.3 is 5.97 Å². The molecule has 1 N–H and O–H groups in total. The minimum Gasteiger partial charge on any atom is -0.481 e. The fourth-order valence-corrected chi connectivity index (χ4v) is 1.27. The number of unbranched alkanes of at least 4 members (excludes halogenated alkanes) is 6. The number of carbonyl (C=O) groups is 1. The summed E-state index contributed by atoms with van der Waals surface area (Å²) in [6.45, 7) is 3.66. The van der Waals surface area contributed by atoms with E-state index in [2.05, 4.69) is 6.58 Å². The standard InChI is InChI=1S/C11H20O2.K/c1-2-3-4-5-6-7-8-9-10-11(12)13;/h2H,1,3-10H2,(H,12,13);. The Hall–Kier alpha value is 0.846. The second-order valence-electron chi connectivity index (χ2n) is 3.34. The molecule has 0 saturated heterocycles. The van der Waals surface area contributed by atoms with Crippen molar-refractivity contribution in [2.75, 3.05) is 0 Å². The summed E-state index contributed by atoms with van der Waals surface area (Å²) in [6, 6.07) is 0. The molecule has 0 aliphatic carbocycles. The van der Waals surface area contributed by atoms with Gasteiger partial charge in [0.2, 0.25) is 0 Å². The molecule has 0 unspecified atom stereocenters. The van der Waals surface area contributed by atoms with Crippen molar-refractivity contribution in [1.29, 1.82) is 0 Å². The number of rotatable bonds is 9. The first-order chi connectivity index (χ1) is 6.27. The third-order valence-electron chi connectivity index (χ3n) is 2.05. The summed E-state index contributed by atoms with van der Waals surface area (Å²) in [5, 5.41) is 8.38. The van der Waals surface area contributed by atoms with Crippen LogP contribution in [0.1, 0.15) is 51.4 Å². The van der Waals surface area contributed by atoms with Crippen molar-refractivity contribution in [3.63, 3.8) is 0 Å². The molecule has 0 atom stereocenters. The van der Waals surface area contributed by atoms with Gasteiger partial charge in [0.1, 0.15) is 0 Å². The SMILES string of the molecule is C=CCCCCCCCCC(=O)O.[K]. The average molecular weight is 223 g/mol. The molecule has 0 aromatic rings. The molecule has 77 valence electrons. The summed E-state index contributed by atoms with van der Waals surface area (Å²) < 4.78 is 0. The second kappa shape index (κ2) is 13.8. The minimum atomic E-state index is -0.674. The van der Waals surface area contributed by atoms with Crippen molar-refractivity contribution in [3.05, 3.63) is 12.7 Å². The molecule has 0 aromatic carbocycles. The maximum Gasteiger partial charge on any atom is 0.303 e. The quantitative estimate of drug-likeness (QED) is 0.371. The van der Waals surface area contributed by atoms with Crippen LogP contribution in [0.4, 0.5) is 0 Å². The van der Waals surface area contributed by atoms with Crippen LogP contribution in [0.2, 0.25) is 0 Å². The van der Waals surface area contributed by atoms with Crippen LogP contribution >= 0.6 is 0 Å². The summed E-state index contributed by atoms with van der Waals surface area (Å²) in [5.41, 5.74) is 0. The largest absolute Gasteiger partial charge is 0.481 e. The Labute approximate surface area is 130 Å². The smallest absolute Gasteiger partial charge is 0.303 e. The van der Waals surface area contributed by atoms with E-state index in [1.165, 1.54) is 25.7 Å². The molecule has 0 aromatic heterocycles. The van der Waals surface area contributed by atoms with E-state index in [9.17, 15) is 4.79 Å². The van der Waals surface area contributed by atoms with Crippen molar-refractivity contribution < 1.29 is 9.90 Å². The summed E-state index contributed by atoms with van der Waals surface area (Å²) in [6.07, 6.45) is 10.1. The molecule has 0 bridgehead atoms. The Morgan fingerprint density at radius 1 is 1.07 bits per heavy atom. The summed E-state index contributed by atoms with van der Waals surface area (Å²) >= 11 is 0. The van der Waals surface area contributed by atoms with Crippen LogP contribution in [0.3, 0.4) is 0 Å². The molecular weight excluding hydrogens is 203 g/mol. The van der Waals surface area contributed by atoms with Gasteiger partial charge in [-0.3, -0.25) is 4.79 Å². The fourth-order valence-electron chi connectivity index (χ4n) is 1.27. The molecule has 0 rings (SSSR count). The maximum absolute atomic E-state index is 10.2. The van der Waals surface area contributed by atoms with Crippen LogP contribution in [-0.4, -0.2) is 62.5 Å². The van der Waals surface area contributed by atoms with Gasteiger partial charge in [0.15, 0.2) is 0 Å². The number of allylic oxidation sites excluding steroid dienone is 1. The van der Waals surface area contributed by atoms with Gasteiger partial charge in [0, 0.05) is 57.8 Å². The molecule has 0 amide bonds. The van der Waals surface area contributed by atoms with E-state index in [0.717, 1.165) is 19.3 Å². The Kier molecular flexibility index (Phi) is 17.1. The van der Waals surface area contributed by atoms with Crippen molar-refractivity contribution in [3.8, 4) is 0 Å². The zero-order valence-corrected chi connectivity index (χ0v) is 12.4. The van der Waals surface area contributed by atoms with E-state index >= 15 is 0 Å². The zero-order chi connectivity index (χ0) is 9.94. The van der Waals surface area contributed by atoms with Crippen LogP contribution in [-0.2, 0) is 4.79 Å². The molecule has 0 aliphatic heterocycles. The van der Waals surface area contributed by atoms with E-state index in [1.807, 2.05) is 6.08 Å². The maximum atomic E-state index is 10.2. The van der Waals surface area contributed by atoms with Crippen LogP contribution in [0.15, 0.2) is 12.7 Å². The first kappa shape index (κ1) is 17.2. The second-order valence-corrected chi connectivity index (χ2v) is 3.34. The first-order valence-corrected chi connectivity index (χ1v) is 5.10. The van der Waals surface area contributed by atoms with Gasteiger partial charge < -0.3 is 5.11 Å². The molecular formula is C11H20KO2. The zero-order valence-electron chi connectivity index (χ0n) is 9.30. The van der Waals surface area contributed by atoms with Crippen molar-refractivity contribution in [2.24, 2.45) is 0 Å². The van der Waals surface area contributed by atoms with E-state index in [-0.39, 0.29) is 51.4 Å². The normalized spacial score (nSPS) is 9.14. The van der Waals surface area contributed by atoms with Crippen molar-refractivity contribution >= 4 is 57.4 Å². The van der Waals surface area contributed by atoms with Crippen LogP contribution in [0.5, 0.6) is 0 Å². The molecule has 2 nitrogen and oxygen atoms in total. The number of carboxylic acid groups (broad SMARTS) is 1. The van der Waals surface area contributed by atoms with E-state index in [1.54, 1.807) is 0 Å². The molecule has 0 fully saturated rings. The molecule has 0 aliphatic rings. The van der Waals surface area contributed by atoms with Crippen LogP contribution in [0.25, 0.3) is 0 Å². The first-order valence-electron chi connectivity index (χ1n) is 5.10. The van der Waals surface area contributed by atoms with Gasteiger partial charge in [-0.1, -0.05) is 31.8 Å². The molecule has 14 heavy (non-hydrogen) atoms. The Morgan fingerprint density at radius 3 is 2.07 bits per heavy atom. The Balaban J connectivity index is 0. The number of aliphatic carboxylic acids is 1. The van der Waals surface area contributed by atoms with Gasteiger partial charge in [0.25, 0.3) is 0 Å². The number of hydrogen-bond donors (Lipinski definition) is 1. The van der Waals surface area contributed by atoms with Crippen LogP contribution in [0, 0.1) is 0 Å². The average Bonchev–Trinajstić information content (AvgIpc) is 2.09. The predicted octanol–water partition coefficient (Wildman–Crippen LogP) is 3.00. The van der Waals surface area contributed by atoms with E-state index < -0.39 is 5.97 Å². The summed E-state index contributed by atoms with van der Waals surface area (Å²) in [7, 11) is 0. The van der Waals surface area contributed by atoms with E-state index in [4.69, 9.17) is 5.11 Å². The number of hydrogen-bond acceptors (Lipinski definition) is 1. The molecule has 3 heteroatoms. The van der Waals surface area contributed by atoms with Crippen molar-refractivity contribution in [1.82, 2.24) is 0 Å². The van der Waals surface area contributed by atoms with Gasteiger partial charge in [-0.15, -0.1) is 6.58 Å². The molecule has 0 spiro atoms. The fraction of sp³-hybridized carbons (Fsp3) is 0.727. The summed E-state index contributed by atoms with van der Waals surface area (Å²) in [5.74, 6) is -0.674. The summed E-state index contributed by atoms with van der Waals surface area (Å²) in [4.78, 5) is 10.2. The van der Waals surface area contributed by atoms with Crippen LogP contribution < -0.4 is 0 Å². The Morgan fingerprint density at radius 2 is 1.57 bits per heavy atom. The third kappa shape index (κ3) is 15.3. The van der Waals surface area contributed by atoms with Gasteiger partial charge in [-0.25, -0.2) is 0 Å².